The van der Waals surface area contributed by atoms with Gasteiger partial charge in [0, 0.05) is 5.41 Å². The number of aliphatic imine (C=N–C) groups is 1. The van der Waals surface area contributed by atoms with Gasteiger partial charge in [0.2, 0.25) is 6.30 Å². The first-order valence-corrected chi connectivity index (χ1v) is 5.57. The maximum absolute atomic E-state index is 12.9. The maximum Gasteiger partial charge on any atom is 0.211 e. The van der Waals surface area contributed by atoms with Crippen molar-refractivity contribution >= 4 is 39.4 Å². The Kier molecular flexibility index (Phi) is 2.84. The molecule has 0 amide bonds. The minimum absolute atomic E-state index is 0.00886. The van der Waals surface area contributed by atoms with E-state index < -0.39 is 6.30 Å². The van der Waals surface area contributed by atoms with E-state index in [0.29, 0.717) is 0 Å². The normalized spacial score (nSPS) is 32.3. The molecule has 4 heteroatoms. The molecule has 0 radical (unpaired) electrons. The predicted octanol–water partition coefficient (Wildman–Crippen LogP) is 3.23. The molecule has 0 fully saturated rings. The van der Waals surface area contributed by atoms with Crippen LogP contribution in [0.1, 0.15) is 20.8 Å². The summed E-state index contributed by atoms with van der Waals surface area (Å²) in [6.45, 7) is 6.17. The van der Waals surface area contributed by atoms with Crippen LogP contribution in [-0.4, -0.2) is 14.6 Å². The molecule has 1 nitrogen and oxygen atoms in total. The van der Waals surface area contributed by atoms with Gasteiger partial charge in [-0.25, -0.2) is 9.38 Å². The van der Waals surface area contributed by atoms with Crippen LogP contribution in [0.15, 0.2) is 4.99 Å². The van der Waals surface area contributed by atoms with E-state index in [0.717, 1.165) is 5.04 Å². The Hall–Kier alpha value is 0.680. The molecule has 0 bridgehead atoms. The van der Waals surface area contributed by atoms with Gasteiger partial charge in [-0.05, 0) is 0 Å². The summed E-state index contributed by atoms with van der Waals surface area (Å²) in [5.41, 5.74) is 0.00886. The lowest BCUT2D eigenvalue weighted by Crippen LogP contribution is -2.15. The zero-order valence-electron chi connectivity index (χ0n) is 6.77. The maximum atomic E-state index is 12.9. The molecule has 1 aliphatic rings. The van der Waals surface area contributed by atoms with Gasteiger partial charge < -0.3 is 0 Å². The fourth-order valence-electron chi connectivity index (χ4n) is 0.734. The van der Waals surface area contributed by atoms with E-state index in [9.17, 15) is 4.39 Å². The van der Waals surface area contributed by atoms with Crippen LogP contribution in [0.3, 0.4) is 0 Å². The minimum atomic E-state index is -1.00. The largest absolute Gasteiger partial charge is 0.244 e. The molecule has 0 N–H and O–H groups in total. The topological polar surface area (TPSA) is 12.4 Å². The van der Waals surface area contributed by atoms with Crippen LogP contribution >= 0.6 is 34.4 Å². The standard InChI is InChI=1S/C7H11FINS/c1-7(2,3)6-10-4(8)5(9)11-6/h4-5H,1-3H3. The molecule has 1 heterocycles. The van der Waals surface area contributed by atoms with E-state index in [-0.39, 0.29) is 8.67 Å². The quantitative estimate of drug-likeness (QED) is 0.378. The Labute approximate surface area is 84.4 Å². The third kappa shape index (κ3) is 2.31. The van der Waals surface area contributed by atoms with Crippen molar-refractivity contribution in [2.75, 3.05) is 0 Å². The van der Waals surface area contributed by atoms with Crippen LogP contribution in [-0.2, 0) is 0 Å². The van der Waals surface area contributed by atoms with Crippen molar-refractivity contribution in [1.82, 2.24) is 0 Å². The first-order valence-electron chi connectivity index (χ1n) is 3.44. The summed E-state index contributed by atoms with van der Waals surface area (Å²) in [4.78, 5) is 3.95. The fourth-order valence-corrected chi connectivity index (χ4v) is 2.52. The van der Waals surface area contributed by atoms with Crippen LogP contribution in [0.2, 0.25) is 0 Å². The van der Waals surface area contributed by atoms with Gasteiger partial charge >= 0.3 is 0 Å². The van der Waals surface area contributed by atoms with E-state index in [1.807, 2.05) is 0 Å². The molecule has 0 saturated heterocycles. The number of alkyl halides is 2. The highest BCUT2D eigenvalue weighted by Crippen LogP contribution is 2.39. The number of halogens is 2. The van der Waals surface area contributed by atoms with Crippen molar-refractivity contribution in [1.29, 1.82) is 0 Å². The van der Waals surface area contributed by atoms with Crippen molar-refractivity contribution in [3.05, 3.63) is 0 Å². The zero-order chi connectivity index (χ0) is 8.65. The third-order valence-corrected chi connectivity index (χ3v) is 4.07. The SMILES string of the molecule is CC(C)(C)C1=NC(F)C(I)S1. The van der Waals surface area contributed by atoms with Crippen LogP contribution in [0.5, 0.6) is 0 Å². The van der Waals surface area contributed by atoms with Gasteiger partial charge in [0.05, 0.1) is 5.04 Å². The summed E-state index contributed by atoms with van der Waals surface area (Å²) < 4.78 is 12.9. The molecule has 0 aromatic rings. The highest BCUT2D eigenvalue weighted by Gasteiger charge is 2.33. The lowest BCUT2D eigenvalue weighted by atomic mass is 9.99. The molecule has 0 saturated carbocycles. The second-order valence-corrected chi connectivity index (χ2v) is 6.84. The van der Waals surface area contributed by atoms with Crippen LogP contribution in [0, 0.1) is 5.41 Å². The van der Waals surface area contributed by atoms with Crippen molar-refractivity contribution in [2.24, 2.45) is 10.4 Å². The van der Waals surface area contributed by atoms with Crippen molar-refractivity contribution in [2.45, 2.75) is 30.3 Å². The Morgan fingerprint density at radius 3 is 2.27 bits per heavy atom. The number of thioether (sulfide) groups is 1. The summed E-state index contributed by atoms with van der Waals surface area (Å²) in [7, 11) is 0. The van der Waals surface area contributed by atoms with Gasteiger partial charge in [0.25, 0.3) is 0 Å². The number of hydrogen-bond acceptors (Lipinski definition) is 2. The van der Waals surface area contributed by atoms with Crippen molar-refractivity contribution in [3.63, 3.8) is 0 Å². The van der Waals surface area contributed by atoms with Gasteiger partial charge in [-0.3, -0.25) is 0 Å². The molecular weight excluding hydrogens is 276 g/mol. The Bertz CT molecular complexity index is 187. The van der Waals surface area contributed by atoms with E-state index in [1.165, 1.54) is 0 Å². The number of hydrogen-bond donors (Lipinski definition) is 0. The molecule has 2 atom stereocenters. The zero-order valence-corrected chi connectivity index (χ0v) is 9.74. The van der Waals surface area contributed by atoms with E-state index in [1.54, 1.807) is 11.8 Å². The molecule has 1 rings (SSSR count). The molecule has 11 heavy (non-hydrogen) atoms. The lowest BCUT2D eigenvalue weighted by Gasteiger charge is -2.16. The Morgan fingerprint density at radius 1 is 1.55 bits per heavy atom. The first kappa shape index (κ1) is 9.77. The van der Waals surface area contributed by atoms with Crippen LogP contribution < -0.4 is 0 Å². The van der Waals surface area contributed by atoms with Crippen molar-refractivity contribution in [3.8, 4) is 0 Å². The minimum Gasteiger partial charge on any atom is -0.244 e. The third-order valence-electron chi connectivity index (χ3n) is 1.32. The second-order valence-electron chi connectivity index (χ2n) is 3.53. The summed E-state index contributed by atoms with van der Waals surface area (Å²) in [5, 5.41) is 0.935. The first-order chi connectivity index (χ1) is 4.91. The molecule has 2 unspecified atom stereocenters. The smallest absolute Gasteiger partial charge is 0.211 e. The average Bonchev–Trinajstić information content (AvgIpc) is 2.11. The van der Waals surface area contributed by atoms with E-state index in [4.69, 9.17) is 0 Å². The van der Waals surface area contributed by atoms with Crippen LogP contribution in [0.4, 0.5) is 4.39 Å². The van der Waals surface area contributed by atoms with Crippen LogP contribution in [0.25, 0.3) is 0 Å². The van der Waals surface area contributed by atoms with E-state index >= 15 is 0 Å². The molecule has 1 aliphatic heterocycles. The van der Waals surface area contributed by atoms with Gasteiger partial charge in [-0.15, -0.1) is 0 Å². The van der Waals surface area contributed by atoms with E-state index in [2.05, 4.69) is 48.4 Å². The molecular formula is C7H11FINS. The summed E-state index contributed by atoms with van der Waals surface area (Å²) in [6.07, 6.45) is -1.00. The highest BCUT2D eigenvalue weighted by molar-refractivity contribution is 14.1. The molecule has 0 aromatic heterocycles. The van der Waals surface area contributed by atoms with Gasteiger partial charge in [0.15, 0.2) is 0 Å². The Balaban J connectivity index is 2.71. The summed E-state index contributed by atoms with van der Waals surface area (Å²) >= 11 is 3.63. The predicted molar refractivity (Wildman–Crippen MR) is 57.2 cm³/mol. The Morgan fingerprint density at radius 2 is 2.09 bits per heavy atom. The summed E-state index contributed by atoms with van der Waals surface area (Å²) in [5.74, 6) is 0. The van der Waals surface area contributed by atoms with Crippen molar-refractivity contribution < 1.29 is 4.39 Å². The fraction of sp³-hybridized carbons (Fsp3) is 0.857. The molecule has 0 aromatic carbocycles. The monoisotopic (exact) mass is 287 g/mol. The average molecular weight is 287 g/mol. The molecule has 0 aliphatic carbocycles. The van der Waals surface area contributed by atoms with Gasteiger partial charge in [0.1, 0.15) is 3.26 Å². The molecule has 0 spiro atoms. The lowest BCUT2D eigenvalue weighted by molar-refractivity contribution is 0.379. The summed E-state index contributed by atoms with van der Waals surface area (Å²) in [6, 6.07) is 0. The van der Waals surface area contributed by atoms with Gasteiger partial charge in [-0.2, -0.15) is 0 Å². The molecule has 64 valence electrons. The highest BCUT2D eigenvalue weighted by atomic mass is 127. The van der Waals surface area contributed by atoms with Gasteiger partial charge in [-0.1, -0.05) is 55.1 Å². The number of rotatable bonds is 0. The number of nitrogens with zero attached hydrogens (tertiary/aromatic N) is 1. The second kappa shape index (κ2) is 3.20.